The molecule has 5 heteroatoms. The molecule has 20 heavy (non-hydrogen) atoms. The Labute approximate surface area is 135 Å². The van der Waals surface area contributed by atoms with E-state index in [0.717, 1.165) is 42.5 Å². The van der Waals surface area contributed by atoms with Gasteiger partial charge in [0.25, 0.3) is 0 Å². The summed E-state index contributed by atoms with van der Waals surface area (Å²) in [6.45, 7) is 2.50. The smallest absolute Gasteiger partial charge is 0.226 e. The zero-order chi connectivity index (χ0) is 13.7. The zero-order valence-electron chi connectivity index (χ0n) is 11.6. The van der Waals surface area contributed by atoms with Crippen molar-refractivity contribution in [2.24, 2.45) is 11.7 Å². The molecular weight excluding hydrogens is 340 g/mol. The molecule has 1 unspecified atom stereocenters. The van der Waals surface area contributed by atoms with E-state index in [4.69, 9.17) is 5.73 Å². The fourth-order valence-corrected chi connectivity index (χ4v) is 3.14. The molecule has 0 spiro atoms. The van der Waals surface area contributed by atoms with E-state index < -0.39 is 0 Å². The topological polar surface area (TPSA) is 46.3 Å². The molecule has 0 saturated carbocycles. The summed E-state index contributed by atoms with van der Waals surface area (Å²) < 4.78 is 1.03. The monoisotopic (exact) mass is 360 g/mol. The van der Waals surface area contributed by atoms with Crippen LogP contribution in [0, 0.1) is 5.92 Å². The highest BCUT2D eigenvalue weighted by Gasteiger charge is 2.23. The molecular formula is C15H22BrClN2O. The first-order chi connectivity index (χ1) is 9.19. The van der Waals surface area contributed by atoms with Crippen LogP contribution >= 0.6 is 28.3 Å². The third-order valence-corrected chi connectivity index (χ3v) is 4.18. The number of piperidine rings is 1. The normalized spacial score (nSPS) is 18.5. The second kappa shape index (κ2) is 8.65. The Kier molecular flexibility index (Phi) is 7.56. The van der Waals surface area contributed by atoms with Crippen molar-refractivity contribution in [1.82, 2.24) is 4.90 Å². The van der Waals surface area contributed by atoms with Crippen LogP contribution in [0.3, 0.4) is 0 Å². The van der Waals surface area contributed by atoms with E-state index in [0.29, 0.717) is 12.3 Å². The lowest BCUT2D eigenvalue weighted by Crippen LogP contribution is -2.41. The minimum absolute atomic E-state index is 0. The fraction of sp³-hybridized carbons (Fsp3) is 0.533. The highest BCUT2D eigenvalue weighted by Crippen LogP contribution is 2.20. The van der Waals surface area contributed by atoms with Crippen LogP contribution in [0.1, 0.15) is 24.8 Å². The van der Waals surface area contributed by atoms with E-state index in [9.17, 15) is 4.79 Å². The van der Waals surface area contributed by atoms with Gasteiger partial charge in [-0.3, -0.25) is 4.79 Å². The Bertz CT molecular complexity index is 440. The minimum atomic E-state index is 0. The molecule has 3 nitrogen and oxygen atoms in total. The molecule has 1 fully saturated rings. The van der Waals surface area contributed by atoms with Gasteiger partial charge in [0.1, 0.15) is 0 Å². The van der Waals surface area contributed by atoms with Crippen molar-refractivity contribution in [1.29, 1.82) is 0 Å². The van der Waals surface area contributed by atoms with Gasteiger partial charge in [0.2, 0.25) is 5.91 Å². The number of likely N-dealkylation sites (tertiary alicyclic amines) is 1. The summed E-state index contributed by atoms with van der Waals surface area (Å²) in [6.07, 6.45) is 3.84. The third-order valence-electron chi connectivity index (χ3n) is 3.69. The Morgan fingerprint density at radius 2 is 2.25 bits per heavy atom. The van der Waals surface area contributed by atoms with Gasteiger partial charge in [0.15, 0.2) is 0 Å². The predicted molar refractivity (Wildman–Crippen MR) is 88.1 cm³/mol. The van der Waals surface area contributed by atoms with E-state index in [-0.39, 0.29) is 18.3 Å². The summed E-state index contributed by atoms with van der Waals surface area (Å²) in [5.74, 6) is 0.824. The summed E-state index contributed by atoms with van der Waals surface area (Å²) in [4.78, 5) is 14.3. The van der Waals surface area contributed by atoms with Crippen LogP contribution in [0.4, 0.5) is 0 Å². The van der Waals surface area contributed by atoms with Crippen molar-refractivity contribution in [2.75, 3.05) is 19.6 Å². The van der Waals surface area contributed by atoms with Gasteiger partial charge in [0, 0.05) is 17.6 Å². The lowest BCUT2D eigenvalue weighted by Gasteiger charge is -2.32. The first-order valence-corrected chi connectivity index (χ1v) is 7.70. The number of hydrogen-bond donors (Lipinski definition) is 1. The van der Waals surface area contributed by atoms with E-state index >= 15 is 0 Å². The number of amides is 1. The van der Waals surface area contributed by atoms with Gasteiger partial charge < -0.3 is 10.6 Å². The van der Waals surface area contributed by atoms with Gasteiger partial charge in [-0.2, -0.15) is 0 Å². The first-order valence-electron chi connectivity index (χ1n) is 6.91. The number of rotatable bonds is 4. The van der Waals surface area contributed by atoms with E-state index in [1.165, 1.54) is 6.42 Å². The molecule has 1 aliphatic rings. The highest BCUT2D eigenvalue weighted by molar-refractivity contribution is 9.10. The number of halogens is 2. The fourth-order valence-electron chi connectivity index (χ4n) is 2.70. The Balaban J connectivity index is 0.00000200. The summed E-state index contributed by atoms with van der Waals surface area (Å²) in [5.41, 5.74) is 6.68. The number of carbonyl (C=O) groups is 1. The molecule has 112 valence electrons. The Morgan fingerprint density at radius 1 is 1.45 bits per heavy atom. The zero-order valence-corrected chi connectivity index (χ0v) is 14.0. The van der Waals surface area contributed by atoms with Gasteiger partial charge >= 0.3 is 0 Å². The number of nitrogens with zero attached hydrogens (tertiary/aromatic N) is 1. The quantitative estimate of drug-likeness (QED) is 0.896. The van der Waals surface area contributed by atoms with Gasteiger partial charge in [-0.15, -0.1) is 12.4 Å². The largest absolute Gasteiger partial charge is 0.342 e. The van der Waals surface area contributed by atoms with E-state index in [2.05, 4.69) is 15.9 Å². The van der Waals surface area contributed by atoms with Gasteiger partial charge in [-0.25, -0.2) is 0 Å². The maximum Gasteiger partial charge on any atom is 0.226 e. The van der Waals surface area contributed by atoms with E-state index in [1.54, 1.807) is 0 Å². The number of hydrogen-bond acceptors (Lipinski definition) is 2. The highest BCUT2D eigenvalue weighted by atomic mass is 79.9. The maximum atomic E-state index is 12.3. The van der Waals surface area contributed by atoms with Crippen LogP contribution < -0.4 is 5.73 Å². The molecule has 1 aromatic rings. The van der Waals surface area contributed by atoms with Crippen LogP contribution in [-0.2, 0) is 11.2 Å². The molecule has 1 aliphatic heterocycles. The summed E-state index contributed by atoms with van der Waals surface area (Å²) in [7, 11) is 0. The van der Waals surface area contributed by atoms with Crippen LogP contribution in [0.25, 0.3) is 0 Å². The molecule has 0 bridgehead atoms. The molecule has 0 aromatic heterocycles. The summed E-state index contributed by atoms with van der Waals surface area (Å²) in [6, 6.07) is 7.97. The lowest BCUT2D eigenvalue weighted by molar-refractivity contribution is -0.132. The number of carbonyl (C=O) groups excluding carboxylic acids is 1. The third kappa shape index (κ3) is 5.08. The molecule has 2 rings (SSSR count). The van der Waals surface area contributed by atoms with Crippen LogP contribution in [-0.4, -0.2) is 30.4 Å². The van der Waals surface area contributed by atoms with Gasteiger partial charge in [0.05, 0.1) is 6.42 Å². The van der Waals surface area contributed by atoms with Gasteiger partial charge in [-0.1, -0.05) is 28.1 Å². The first kappa shape index (κ1) is 17.5. The van der Waals surface area contributed by atoms with Crippen molar-refractivity contribution in [3.8, 4) is 0 Å². The molecule has 1 aromatic carbocycles. The summed E-state index contributed by atoms with van der Waals surface area (Å²) >= 11 is 3.44. The van der Waals surface area contributed by atoms with E-state index in [1.807, 2.05) is 29.2 Å². The molecule has 2 N–H and O–H groups in total. The minimum Gasteiger partial charge on any atom is -0.342 e. The molecule has 0 radical (unpaired) electrons. The maximum absolute atomic E-state index is 12.3. The Morgan fingerprint density at radius 3 is 2.95 bits per heavy atom. The Hall–Kier alpha value is -0.580. The van der Waals surface area contributed by atoms with Crippen molar-refractivity contribution in [3.05, 3.63) is 34.3 Å². The lowest BCUT2D eigenvalue weighted by atomic mass is 9.94. The molecule has 1 atom stereocenters. The summed E-state index contributed by atoms with van der Waals surface area (Å²) in [5, 5.41) is 0. The molecule has 0 aliphatic carbocycles. The van der Waals surface area contributed by atoms with Crippen LogP contribution in [0.2, 0.25) is 0 Å². The standard InChI is InChI=1S/C15H21BrN2O.ClH/c16-14-5-1-3-13(9-14)10-15(19)18-8-2-4-12(11-18)6-7-17;/h1,3,5,9,12H,2,4,6-8,10-11,17H2;1H. The van der Waals surface area contributed by atoms with Crippen LogP contribution in [0.15, 0.2) is 28.7 Å². The average Bonchev–Trinajstić information content (AvgIpc) is 2.39. The van der Waals surface area contributed by atoms with Crippen molar-refractivity contribution in [3.63, 3.8) is 0 Å². The second-order valence-corrected chi connectivity index (χ2v) is 6.15. The van der Waals surface area contributed by atoms with Gasteiger partial charge in [-0.05, 0) is 49.4 Å². The number of nitrogens with two attached hydrogens (primary N) is 1. The van der Waals surface area contributed by atoms with Crippen LogP contribution in [0.5, 0.6) is 0 Å². The van der Waals surface area contributed by atoms with Crippen molar-refractivity contribution >= 4 is 34.2 Å². The molecule has 1 heterocycles. The number of benzene rings is 1. The second-order valence-electron chi connectivity index (χ2n) is 5.23. The van der Waals surface area contributed by atoms with Crippen molar-refractivity contribution in [2.45, 2.75) is 25.7 Å². The van der Waals surface area contributed by atoms with Crippen molar-refractivity contribution < 1.29 is 4.79 Å². The molecule has 1 saturated heterocycles. The predicted octanol–water partition coefficient (Wildman–Crippen LogP) is 3.00. The molecule has 1 amide bonds. The average molecular weight is 362 g/mol. The SMILES string of the molecule is Cl.NCCC1CCCN(C(=O)Cc2cccc(Br)c2)C1.